The summed E-state index contributed by atoms with van der Waals surface area (Å²) < 4.78 is 9.26. The molecule has 230 valence electrons. The first-order valence-corrected chi connectivity index (χ1v) is 17.4. The average Bonchev–Trinajstić information content (AvgIpc) is 3.74. The normalized spacial score (nSPS) is 11.7. The van der Waals surface area contributed by atoms with E-state index in [0.717, 1.165) is 44.4 Å². The second-order valence-corrected chi connectivity index (χ2v) is 13.6. The van der Waals surface area contributed by atoms with E-state index < -0.39 is 0 Å². The van der Waals surface area contributed by atoms with Crippen molar-refractivity contribution in [1.82, 2.24) is 0 Å². The van der Waals surface area contributed by atoms with Gasteiger partial charge in [0, 0.05) is 59.5 Å². The van der Waals surface area contributed by atoms with Crippen LogP contribution in [-0.4, -0.2) is 0 Å². The lowest BCUT2D eigenvalue weighted by atomic mass is 9.99. The molecule has 0 unspecified atom stereocenters. The summed E-state index contributed by atoms with van der Waals surface area (Å²) in [6.45, 7) is 0. The Morgan fingerprint density at radius 2 is 1.04 bits per heavy atom. The Hall–Kier alpha value is -6.16. The highest BCUT2D eigenvalue weighted by Gasteiger charge is 2.18. The number of thiophene rings is 1. The third-order valence-electron chi connectivity index (χ3n) is 9.68. The summed E-state index contributed by atoms with van der Waals surface area (Å²) in [6.07, 6.45) is 0. The largest absolute Gasteiger partial charge is 0.455 e. The lowest BCUT2D eigenvalue weighted by Crippen LogP contribution is -2.09. The van der Waals surface area contributed by atoms with Gasteiger partial charge in [-0.25, -0.2) is 0 Å². The molecule has 0 amide bonds. The van der Waals surface area contributed by atoms with Gasteiger partial charge in [0.1, 0.15) is 11.2 Å². The Morgan fingerprint density at radius 3 is 1.86 bits per heavy atom. The van der Waals surface area contributed by atoms with Gasteiger partial charge in [0.05, 0.1) is 0 Å². The van der Waals surface area contributed by atoms with Gasteiger partial charge in [-0.15, -0.1) is 11.3 Å². The minimum Gasteiger partial charge on any atom is -0.455 e. The zero-order valence-corrected chi connectivity index (χ0v) is 27.3. The smallest absolute Gasteiger partial charge is 0.143 e. The monoisotopic (exact) mass is 643 g/mol. The summed E-state index contributed by atoms with van der Waals surface area (Å²) in [5.41, 5.74) is 9.88. The summed E-state index contributed by atoms with van der Waals surface area (Å²) in [5.74, 6) is 0. The van der Waals surface area contributed by atoms with Crippen LogP contribution < -0.4 is 4.90 Å². The minimum absolute atomic E-state index is 0.877. The maximum Gasteiger partial charge on any atom is 0.143 e. The Morgan fingerprint density at radius 1 is 0.408 bits per heavy atom. The highest BCUT2D eigenvalue weighted by molar-refractivity contribution is 7.25. The Labute approximate surface area is 287 Å². The second-order valence-electron chi connectivity index (χ2n) is 12.5. The summed E-state index contributed by atoms with van der Waals surface area (Å²) in [7, 11) is 0. The summed E-state index contributed by atoms with van der Waals surface area (Å²) in [5, 5.41) is 7.21. The van der Waals surface area contributed by atoms with Crippen LogP contribution in [0.15, 0.2) is 180 Å². The van der Waals surface area contributed by atoms with Gasteiger partial charge in [-0.2, -0.15) is 0 Å². The van der Waals surface area contributed by atoms with Crippen LogP contribution in [0.3, 0.4) is 0 Å². The van der Waals surface area contributed by atoms with E-state index in [-0.39, 0.29) is 0 Å². The molecule has 0 aliphatic rings. The fraction of sp³-hybridized carbons (Fsp3) is 0. The molecule has 10 aromatic rings. The van der Waals surface area contributed by atoms with E-state index in [1.54, 1.807) is 0 Å². The van der Waals surface area contributed by atoms with Crippen molar-refractivity contribution in [3.63, 3.8) is 0 Å². The van der Waals surface area contributed by atoms with Crippen molar-refractivity contribution in [2.24, 2.45) is 0 Å². The number of rotatable bonds is 5. The topological polar surface area (TPSA) is 16.4 Å². The molecule has 0 fully saturated rings. The molecule has 8 aromatic carbocycles. The number of hydrogen-bond acceptors (Lipinski definition) is 3. The minimum atomic E-state index is 0.877. The van der Waals surface area contributed by atoms with E-state index in [4.69, 9.17) is 4.42 Å². The highest BCUT2D eigenvalue weighted by atomic mass is 32.1. The van der Waals surface area contributed by atoms with Gasteiger partial charge >= 0.3 is 0 Å². The summed E-state index contributed by atoms with van der Waals surface area (Å²) >= 11 is 1.86. The van der Waals surface area contributed by atoms with Crippen LogP contribution >= 0.6 is 11.3 Å². The van der Waals surface area contributed by atoms with Crippen LogP contribution in [0.2, 0.25) is 0 Å². The van der Waals surface area contributed by atoms with E-state index in [9.17, 15) is 0 Å². The van der Waals surface area contributed by atoms with Gasteiger partial charge in [-0.3, -0.25) is 0 Å². The molecule has 0 spiro atoms. The van der Waals surface area contributed by atoms with Crippen molar-refractivity contribution in [2.45, 2.75) is 0 Å². The molecule has 0 aliphatic heterocycles. The maximum atomic E-state index is 6.62. The zero-order chi connectivity index (χ0) is 32.3. The SMILES string of the molecule is c1ccc(-c2ccc(N(c3ccc(-c4cccc5sc6ccccc6c45)cc3)c3ccc4c(c3)oc3c5ccccc5ccc43)cc2)cc1. The first-order chi connectivity index (χ1) is 24.3. The number of anilines is 3. The molecule has 0 bridgehead atoms. The fourth-order valence-electron chi connectivity index (χ4n) is 7.32. The molecule has 0 N–H and O–H groups in total. The molecule has 3 heteroatoms. The second kappa shape index (κ2) is 11.2. The van der Waals surface area contributed by atoms with Crippen LogP contribution in [0.25, 0.3) is 75.1 Å². The van der Waals surface area contributed by atoms with Gasteiger partial charge in [0.25, 0.3) is 0 Å². The molecule has 2 aromatic heterocycles. The van der Waals surface area contributed by atoms with Crippen LogP contribution in [0.5, 0.6) is 0 Å². The Balaban J connectivity index is 1.11. The van der Waals surface area contributed by atoms with Gasteiger partial charge in [-0.05, 0) is 82.2 Å². The molecule has 2 heterocycles. The number of fused-ring (bicyclic) bond motifs is 8. The van der Waals surface area contributed by atoms with Crippen molar-refractivity contribution in [2.75, 3.05) is 4.90 Å². The third kappa shape index (κ3) is 4.62. The standard InChI is InChI=1S/C46H29NOS/c1-2-9-30(10-3-1)31-17-22-34(23-18-31)47(36-26-28-39-40-27-21-32-11-4-5-12-38(32)46(40)48-42(39)29-36)35-24-19-33(20-25-35)37-14-8-16-44-45(37)41-13-6-7-15-43(41)49-44/h1-29H. The van der Waals surface area contributed by atoms with E-state index >= 15 is 0 Å². The molecular weight excluding hydrogens is 615 g/mol. The predicted molar refractivity (Wildman–Crippen MR) is 210 cm³/mol. The van der Waals surface area contributed by atoms with Crippen molar-refractivity contribution >= 4 is 81.3 Å². The predicted octanol–water partition coefficient (Wildman–Crippen LogP) is 13.9. The summed E-state index contributed by atoms with van der Waals surface area (Å²) in [6, 6.07) is 63.1. The molecule has 10 rings (SSSR count). The molecule has 0 aliphatic carbocycles. The van der Waals surface area contributed by atoms with E-state index in [2.05, 4.69) is 181 Å². The Kier molecular flexibility index (Phi) is 6.39. The first-order valence-electron chi connectivity index (χ1n) is 16.6. The maximum absolute atomic E-state index is 6.62. The van der Waals surface area contributed by atoms with Crippen molar-refractivity contribution in [1.29, 1.82) is 0 Å². The fourth-order valence-corrected chi connectivity index (χ4v) is 8.45. The third-order valence-corrected chi connectivity index (χ3v) is 10.8. The number of benzene rings is 8. The molecular formula is C46H29NOS. The average molecular weight is 644 g/mol. The molecule has 0 radical (unpaired) electrons. The number of nitrogens with zero attached hydrogens (tertiary/aromatic N) is 1. The first kappa shape index (κ1) is 27.9. The molecule has 0 atom stereocenters. The van der Waals surface area contributed by atoms with Crippen LogP contribution in [0.1, 0.15) is 0 Å². The Bertz CT molecular complexity index is 2810. The lowest BCUT2D eigenvalue weighted by molar-refractivity contribution is 0.672. The van der Waals surface area contributed by atoms with Crippen molar-refractivity contribution in [3.05, 3.63) is 176 Å². The summed E-state index contributed by atoms with van der Waals surface area (Å²) in [4.78, 5) is 2.32. The number of hydrogen-bond donors (Lipinski definition) is 0. The van der Waals surface area contributed by atoms with E-state index in [0.29, 0.717) is 0 Å². The van der Waals surface area contributed by atoms with Crippen molar-refractivity contribution < 1.29 is 4.42 Å². The quantitative estimate of drug-likeness (QED) is 0.186. The van der Waals surface area contributed by atoms with Gasteiger partial charge < -0.3 is 9.32 Å². The van der Waals surface area contributed by atoms with Gasteiger partial charge in [0.15, 0.2) is 0 Å². The van der Waals surface area contributed by atoms with Gasteiger partial charge in [0.2, 0.25) is 0 Å². The van der Waals surface area contributed by atoms with Crippen LogP contribution in [-0.2, 0) is 0 Å². The zero-order valence-electron chi connectivity index (χ0n) is 26.5. The van der Waals surface area contributed by atoms with E-state index in [1.807, 2.05) is 11.3 Å². The number of furan rings is 1. The lowest BCUT2D eigenvalue weighted by Gasteiger charge is -2.26. The molecule has 49 heavy (non-hydrogen) atoms. The van der Waals surface area contributed by atoms with Crippen LogP contribution in [0, 0.1) is 0 Å². The molecule has 0 saturated carbocycles. The highest BCUT2D eigenvalue weighted by Crippen LogP contribution is 2.43. The van der Waals surface area contributed by atoms with Crippen LogP contribution in [0.4, 0.5) is 17.1 Å². The van der Waals surface area contributed by atoms with Crippen molar-refractivity contribution in [3.8, 4) is 22.3 Å². The molecule has 0 saturated heterocycles. The van der Waals surface area contributed by atoms with E-state index in [1.165, 1.54) is 47.8 Å². The van der Waals surface area contributed by atoms with Gasteiger partial charge in [-0.1, -0.05) is 115 Å². The molecule has 2 nitrogen and oxygen atoms in total.